The minimum Gasteiger partial charge on any atom is -0.352 e. The zero-order valence-corrected chi connectivity index (χ0v) is 16.5. The summed E-state index contributed by atoms with van der Waals surface area (Å²) in [6.45, 7) is 8.81. The Morgan fingerprint density at radius 2 is 1.73 bits per heavy atom. The summed E-state index contributed by atoms with van der Waals surface area (Å²) in [4.78, 5) is 18.2. The van der Waals surface area contributed by atoms with E-state index in [2.05, 4.69) is 43.4 Å². The van der Waals surface area contributed by atoms with E-state index in [1.165, 1.54) is 16.0 Å². The van der Waals surface area contributed by atoms with Crippen molar-refractivity contribution in [3.63, 3.8) is 0 Å². The van der Waals surface area contributed by atoms with Crippen molar-refractivity contribution >= 4 is 17.2 Å². The lowest BCUT2D eigenvalue weighted by molar-refractivity contribution is 0.0954. The van der Waals surface area contributed by atoms with Gasteiger partial charge < -0.3 is 5.32 Å². The molecular formula is C22H24N2OS. The molecule has 0 saturated carbocycles. The molecule has 3 nitrogen and oxygen atoms in total. The number of amides is 1. The molecule has 3 rings (SSSR count). The topological polar surface area (TPSA) is 42.0 Å². The predicted octanol–water partition coefficient (Wildman–Crippen LogP) is 5.02. The Balaban J connectivity index is 1.62. The van der Waals surface area contributed by atoms with E-state index in [4.69, 9.17) is 4.98 Å². The third-order valence-corrected chi connectivity index (χ3v) is 5.86. The van der Waals surface area contributed by atoms with Gasteiger partial charge in [-0.25, -0.2) is 4.98 Å². The smallest absolute Gasteiger partial charge is 0.251 e. The standard InChI is InChI=1S/C22H24N2OS/c1-14-5-8-18(9-6-14)22-24-17(4)20(26-22)11-12-23-21(25)19-10-7-15(2)16(3)13-19/h5-10,13H,11-12H2,1-4H3,(H,23,25). The monoisotopic (exact) mass is 364 g/mol. The minimum absolute atomic E-state index is 0.0194. The SMILES string of the molecule is Cc1ccc(-c2nc(C)c(CCNC(=O)c3ccc(C)c(C)c3)s2)cc1. The molecule has 0 aliphatic heterocycles. The number of nitrogens with one attached hydrogen (secondary N) is 1. The van der Waals surface area contributed by atoms with Crippen molar-refractivity contribution in [2.45, 2.75) is 34.1 Å². The molecule has 0 aliphatic rings. The van der Waals surface area contributed by atoms with E-state index < -0.39 is 0 Å². The van der Waals surface area contributed by atoms with Gasteiger partial charge in [-0.1, -0.05) is 35.9 Å². The highest BCUT2D eigenvalue weighted by Gasteiger charge is 2.11. The summed E-state index contributed by atoms with van der Waals surface area (Å²) in [5.41, 5.74) is 6.50. The summed E-state index contributed by atoms with van der Waals surface area (Å²) in [6, 6.07) is 14.2. The molecule has 134 valence electrons. The number of benzene rings is 2. The Hall–Kier alpha value is -2.46. The number of thiazole rings is 1. The molecule has 3 aromatic rings. The van der Waals surface area contributed by atoms with Gasteiger partial charge in [0, 0.05) is 29.0 Å². The van der Waals surface area contributed by atoms with Crippen LogP contribution in [0.25, 0.3) is 10.6 Å². The third kappa shape index (κ3) is 4.20. The normalized spacial score (nSPS) is 10.8. The first-order valence-electron chi connectivity index (χ1n) is 8.83. The van der Waals surface area contributed by atoms with Crippen LogP contribution in [0.1, 0.15) is 37.6 Å². The maximum Gasteiger partial charge on any atom is 0.251 e. The van der Waals surface area contributed by atoms with E-state index in [-0.39, 0.29) is 5.91 Å². The molecule has 0 radical (unpaired) electrons. The van der Waals surface area contributed by atoms with Gasteiger partial charge in [-0.3, -0.25) is 4.79 Å². The average Bonchev–Trinajstić information content (AvgIpc) is 2.98. The fraction of sp³-hybridized carbons (Fsp3) is 0.273. The first-order chi connectivity index (χ1) is 12.4. The molecule has 1 aromatic heterocycles. The van der Waals surface area contributed by atoms with Gasteiger partial charge in [0.25, 0.3) is 5.91 Å². The maximum atomic E-state index is 12.3. The molecular weight excluding hydrogens is 340 g/mol. The number of aromatic nitrogens is 1. The van der Waals surface area contributed by atoms with E-state index in [0.29, 0.717) is 6.54 Å². The summed E-state index contributed by atoms with van der Waals surface area (Å²) in [6.07, 6.45) is 0.798. The molecule has 1 N–H and O–H groups in total. The quantitative estimate of drug-likeness (QED) is 0.691. The van der Waals surface area contributed by atoms with E-state index in [1.54, 1.807) is 11.3 Å². The van der Waals surface area contributed by atoms with Crippen molar-refractivity contribution < 1.29 is 4.79 Å². The molecule has 26 heavy (non-hydrogen) atoms. The van der Waals surface area contributed by atoms with E-state index in [9.17, 15) is 4.79 Å². The predicted molar refractivity (Wildman–Crippen MR) is 109 cm³/mol. The number of aryl methyl sites for hydroxylation is 4. The molecule has 0 unspecified atom stereocenters. The van der Waals surface area contributed by atoms with Crippen molar-refractivity contribution in [2.24, 2.45) is 0 Å². The lowest BCUT2D eigenvalue weighted by Crippen LogP contribution is -2.25. The van der Waals surface area contributed by atoms with Crippen molar-refractivity contribution in [2.75, 3.05) is 6.54 Å². The van der Waals surface area contributed by atoms with E-state index in [0.717, 1.165) is 33.8 Å². The third-order valence-electron chi connectivity index (χ3n) is 4.60. The zero-order chi connectivity index (χ0) is 18.7. The number of carbonyl (C=O) groups excluding carboxylic acids is 1. The van der Waals surface area contributed by atoms with Crippen LogP contribution in [0.4, 0.5) is 0 Å². The van der Waals surface area contributed by atoms with Crippen molar-refractivity contribution in [3.8, 4) is 10.6 Å². The second kappa shape index (κ2) is 7.83. The summed E-state index contributed by atoms with van der Waals surface area (Å²) < 4.78 is 0. The zero-order valence-electron chi connectivity index (χ0n) is 15.7. The molecule has 0 atom stereocenters. The number of carbonyl (C=O) groups is 1. The van der Waals surface area contributed by atoms with Crippen LogP contribution >= 0.6 is 11.3 Å². The summed E-state index contributed by atoms with van der Waals surface area (Å²) in [5, 5.41) is 4.06. The van der Waals surface area contributed by atoms with Crippen molar-refractivity contribution in [3.05, 3.63) is 75.3 Å². The van der Waals surface area contributed by atoms with Crippen LogP contribution in [0.2, 0.25) is 0 Å². The molecule has 0 bridgehead atoms. The number of hydrogen-bond acceptors (Lipinski definition) is 3. The summed E-state index contributed by atoms with van der Waals surface area (Å²) in [7, 11) is 0. The van der Waals surface area contributed by atoms with Gasteiger partial charge in [0.1, 0.15) is 5.01 Å². The Morgan fingerprint density at radius 1 is 1.00 bits per heavy atom. The molecule has 0 aliphatic carbocycles. The molecule has 0 saturated heterocycles. The van der Waals surface area contributed by atoms with Crippen LogP contribution in [-0.2, 0) is 6.42 Å². The highest BCUT2D eigenvalue weighted by molar-refractivity contribution is 7.15. The Morgan fingerprint density at radius 3 is 2.42 bits per heavy atom. The van der Waals surface area contributed by atoms with Gasteiger partial charge in [-0.2, -0.15) is 0 Å². The molecule has 0 fully saturated rings. The Bertz CT molecular complexity index is 926. The molecule has 1 heterocycles. The number of rotatable bonds is 5. The highest BCUT2D eigenvalue weighted by atomic mass is 32.1. The van der Waals surface area contributed by atoms with Gasteiger partial charge in [0.2, 0.25) is 0 Å². The number of hydrogen-bond donors (Lipinski definition) is 1. The maximum absolute atomic E-state index is 12.3. The van der Waals surface area contributed by atoms with Gasteiger partial charge in [0.15, 0.2) is 0 Å². The van der Waals surface area contributed by atoms with Gasteiger partial charge >= 0.3 is 0 Å². The molecule has 1 amide bonds. The van der Waals surface area contributed by atoms with Crippen molar-refractivity contribution in [1.82, 2.24) is 10.3 Å². The van der Waals surface area contributed by atoms with Gasteiger partial charge in [-0.05, 0) is 51.0 Å². The molecule has 0 spiro atoms. The Labute approximate surface area is 159 Å². The first-order valence-corrected chi connectivity index (χ1v) is 9.64. The van der Waals surface area contributed by atoms with Gasteiger partial charge in [0.05, 0.1) is 5.69 Å². The van der Waals surface area contributed by atoms with Crippen molar-refractivity contribution in [1.29, 1.82) is 0 Å². The average molecular weight is 365 g/mol. The van der Waals surface area contributed by atoms with E-state index in [1.807, 2.05) is 32.0 Å². The first kappa shape index (κ1) is 18.3. The largest absolute Gasteiger partial charge is 0.352 e. The highest BCUT2D eigenvalue weighted by Crippen LogP contribution is 2.28. The summed E-state index contributed by atoms with van der Waals surface area (Å²) in [5.74, 6) is -0.0194. The Kier molecular flexibility index (Phi) is 5.52. The molecule has 2 aromatic carbocycles. The van der Waals surface area contributed by atoms with Crippen LogP contribution in [-0.4, -0.2) is 17.4 Å². The summed E-state index contributed by atoms with van der Waals surface area (Å²) >= 11 is 1.71. The second-order valence-corrected chi connectivity index (χ2v) is 7.78. The van der Waals surface area contributed by atoms with E-state index >= 15 is 0 Å². The minimum atomic E-state index is -0.0194. The fourth-order valence-electron chi connectivity index (χ4n) is 2.75. The van der Waals surface area contributed by atoms with Crippen LogP contribution in [0.15, 0.2) is 42.5 Å². The second-order valence-electron chi connectivity index (χ2n) is 6.70. The van der Waals surface area contributed by atoms with Crippen LogP contribution in [0, 0.1) is 27.7 Å². The van der Waals surface area contributed by atoms with Crippen LogP contribution in [0.5, 0.6) is 0 Å². The lowest BCUT2D eigenvalue weighted by Gasteiger charge is -2.07. The van der Waals surface area contributed by atoms with Crippen LogP contribution < -0.4 is 5.32 Å². The number of nitrogens with zero attached hydrogens (tertiary/aromatic N) is 1. The lowest BCUT2D eigenvalue weighted by atomic mass is 10.1. The molecule has 4 heteroatoms. The fourth-order valence-corrected chi connectivity index (χ4v) is 3.82. The van der Waals surface area contributed by atoms with Crippen LogP contribution in [0.3, 0.4) is 0 Å². The van der Waals surface area contributed by atoms with Gasteiger partial charge in [-0.15, -0.1) is 11.3 Å².